The van der Waals surface area contributed by atoms with Gasteiger partial charge in [-0.3, -0.25) is 0 Å². The maximum atomic E-state index is 12.2. The summed E-state index contributed by atoms with van der Waals surface area (Å²) in [6.45, 7) is 1.77. The molecule has 0 aliphatic carbocycles. The number of aryl methyl sites for hydroxylation is 1. The molecule has 0 spiro atoms. The van der Waals surface area contributed by atoms with Crippen molar-refractivity contribution in [2.75, 3.05) is 0 Å². The largest absolute Gasteiger partial charge is 0.870 e. The lowest BCUT2D eigenvalue weighted by molar-refractivity contribution is -0.271. The van der Waals surface area contributed by atoms with Crippen LogP contribution in [0, 0.1) is 6.92 Å². The zero-order valence-corrected chi connectivity index (χ0v) is 16.5. The van der Waals surface area contributed by atoms with Gasteiger partial charge in [-0.25, -0.2) is 0 Å². The van der Waals surface area contributed by atoms with Crippen LogP contribution < -0.4 is 26.3 Å². The molecular formula is C25H21O2P. The molecule has 0 aromatic heterocycles. The second-order valence-electron chi connectivity index (χ2n) is 6.79. The minimum absolute atomic E-state index is 0.192. The highest BCUT2D eigenvalue weighted by molar-refractivity contribution is 8.01. The fourth-order valence-corrected chi connectivity index (χ4v) is 8.13. The topological polar surface area (TPSA) is 43.3 Å². The van der Waals surface area contributed by atoms with E-state index in [0.717, 1.165) is 5.30 Å². The van der Waals surface area contributed by atoms with Gasteiger partial charge in [0.1, 0.15) is 34.2 Å². The van der Waals surface area contributed by atoms with Crippen LogP contribution in [-0.4, -0.2) is 5.11 Å². The van der Waals surface area contributed by atoms with Gasteiger partial charge >= 0.3 is 0 Å². The van der Waals surface area contributed by atoms with Gasteiger partial charge in [-0.15, -0.1) is 0 Å². The van der Waals surface area contributed by atoms with Gasteiger partial charge in [0.25, 0.3) is 0 Å². The molecule has 0 radical (unpaired) electrons. The number of hydrogen-bond donors (Lipinski definition) is 1. The predicted molar refractivity (Wildman–Crippen MR) is 117 cm³/mol. The van der Waals surface area contributed by atoms with E-state index in [-0.39, 0.29) is 11.5 Å². The average molecular weight is 384 g/mol. The molecule has 138 valence electrons. The van der Waals surface area contributed by atoms with E-state index < -0.39 is 7.26 Å². The monoisotopic (exact) mass is 384 g/mol. The van der Waals surface area contributed by atoms with Crippen LogP contribution in [0.5, 0.6) is 11.5 Å². The Bertz CT molecular complexity index is 958. The van der Waals surface area contributed by atoms with Crippen LogP contribution in [-0.2, 0) is 0 Å². The number of rotatable bonds is 4. The van der Waals surface area contributed by atoms with Gasteiger partial charge in [0.05, 0.1) is 0 Å². The van der Waals surface area contributed by atoms with E-state index in [1.807, 2.05) is 60.7 Å². The molecule has 2 nitrogen and oxygen atoms in total. The molecule has 4 aromatic rings. The lowest BCUT2D eigenvalue weighted by atomic mass is 10.2. The van der Waals surface area contributed by atoms with Crippen molar-refractivity contribution in [2.45, 2.75) is 6.92 Å². The summed E-state index contributed by atoms with van der Waals surface area (Å²) in [5, 5.41) is 27.1. The Balaban J connectivity index is 2.17. The highest BCUT2D eigenvalue weighted by Crippen LogP contribution is 2.55. The van der Waals surface area contributed by atoms with Crippen LogP contribution in [0.1, 0.15) is 5.56 Å². The molecule has 1 N–H and O–H groups in total. The Hall–Kier alpha value is -3.09. The van der Waals surface area contributed by atoms with Crippen molar-refractivity contribution in [3.63, 3.8) is 0 Å². The quantitative estimate of drug-likeness (QED) is 0.548. The summed E-state index contributed by atoms with van der Waals surface area (Å²) in [5.41, 5.74) is 0.558. The Morgan fingerprint density at radius 1 is 0.607 bits per heavy atom. The Morgan fingerprint density at radius 3 is 1.36 bits per heavy atom. The zero-order valence-electron chi connectivity index (χ0n) is 15.6. The zero-order chi connectivity index (χ0) is 19.6. The molecule has 0 fully saturated rings. The number of benzene rings is 4. The molecule has 0 amide bonds. The molecule has 0 saturated carbocycles. The van der Waals surface area contributed by atoms with Crippen molar-refractivity contribution in [1.29, 1.82) is 0 Å². The summed E-state index contributed by atoms with van der Waals surface area (Å²) in [6.07, 6.45) is 0. The maximum Gasteiger partial charge on any atom is 0.144 e. The minimum atomic E-state index is -2.28. The second-order valence-corrected chi connectivity index (χ2v) is 10.2. The third-order valence-electron chi connectivity index (χ3n) is 5.06. The van der Waals surface area contributed by atoms with E-state index in [4.69, 9.17) is 0 Å². The van der Waals surface area contributed by atoms with Gasteiger partial charge in [0, 0.05) is 6.07 Å². The average Bonchev–Trinajstić information content (AvgIpc) is 2.75. The first-order valence-electron chi connectivity index (χ1n) is 9.21. The molecule has 28 heavy (non-hydrogen) atoms. The summed E-state index contributed by atoms with van der Waals surface area (Å²) in [7, 11) is -2.28. The molecule has 0 heterocycles. The smallest absolute Gasteiger partial charge is 0.144 e. The molecule has 0 bridgehead atoms. The Kier molecular flexibility index (Phi) is 4.90. The van der Waals surface area contributed by atoms with Crippen molar-refractivity contribution >= 4 is 28.5 Å². The summed E-state index contributed by atoms with van der Waals surface area (Å²) < 4.78 is 0. The van der Waals surface area contributed by atoms with Gasteiger partial charge in [-0.05, 0) is 49.4 Å². The number of phenolic OH excluding ortho intramolecular Hbond substituents is 1. The van der Waals surface area contributed by atoms with E-state index in [9.17, 15) is 10.2 Å². The summed E-state index contributed by atoms with van der Waals surface area (Å²) >= 11 is 0. The molecule has 0 saturated heterocycles. The van der Waals surface area contributed by atoms with E-state index in [1.54, 1.807) is 13.0 Å². The highest BCUT2D eigenvalue weighted by atomic mass is 31.2. The minimum Gasteiger partial charge on any atom is -0.870 e. The molecule has 4 aromatic carbocycles. The number of hydrogen-bond acceptors (Lipinski definition) is 2. The normalized spacial score (nSPS) is 11.3. The molecule has 0 unspecified atom stereocenters. The summed E-state index contributed by atoms with van der Waals surface area (Å²) in [5.74, 6) is -0.502. The lowest BCUT2D eigenvalue weighted by Gasteiger charge is -2.28. The van der Waals surface area contributed by atoms with E-state index in [0.29, 0.717) is 5.56 Å². The van der Waals surface area contributed by atoms with Crippen molar-refractivity contribution in [1.82, 2.24) is 0 Å². The van der Waals surface area contributed by atoms with Crippen molar-refractivity contribution < 1.29 is 10.2 Å². The molecule has 0 atom stereocenters. The number of phenols is 1. The summed E-state index contributed by atoms with van der Waals surface area (Å²) in [6, 6.07) is 34.8. The van der Waals surface area contributed by atoms with Gasteiger partial charge in [0.15, 0.2) is 0 Å². The van der Waals surface area contributed by atoms with Crippen molar-refractivity contribution in [3.05, 3.63) is 109 Å². The van der Waals surface area contributed by atoms with Crippen molar-refractivity contribution in [3.8, 4) is 11.5 Å². The summed E-state index contributed by atoms with van der Waals surface area (Å²) in [4.78, 5) is 0. The van der Waals surface area contributed by atoms with Crippen LogP contribution in [0.15, 0.2) is 103 Å². The molecule has 0 aliphatic rings. The number of aromatic hydroxyl groups is 1. The van der Waals surface area contributed by atoms with E-state index in [2.05, 4.69) is 36.4 Å². The first-order chi connectivity index (χ1) is 13.6. The van der Waals surface area contributed by atoms with Crippen LogP contribution in [0.4, 0.5) is 0 Å². The first-order valence-corrected chi connectivity index (χ1v) is 11.0. The van der Waals surface area contributed by atoms with Crippen LogP contribution in [0.25, 0.3) is 0 Å². The van der Waals surface area contributed by atoms with Crippen LogP contribution >= 0.6 is 7.26 Å². The first kappa shape index (κ1) is 18.3. The fourth-order valence-electron chi connectivity index (χ4n) is 3.78. The highest BCUT2D eigenvalue weighted by Gasteiger charge is 2.48. The van der Waals surface area contributed by atoms with E-state index >= 15 is 0 Å². The van der Waals surface area contributed by atoms with Gasteiger partial charge < -0.3 is 10.2 Å². The second kappa shape index (κ2) is 7.50. The Morgan fingerprint density at radius 2 is 1.00 bits per heavy atom. The Labute approximate surface area is 166 Å². The third kappa shape index (κ3) is 2.96. The van der Waals surface area contributed by atoms with Gasteiger partial charge in [0.2, 0.25) is 0 Å². The molecular weight excluding hydrogens is 363 g/mol. The van der Waals surface area contributed by atoms with Gasteiger partial charge in [-0.1, -0.05) is 65.9 Å². The standard InChI is InChI=1S/C25H21O2P/c1-19-17-23(18-24(26)25(19)27)28(20-11-5-2-6-12-20,21-13-7-3-8-14-21)22-15-9-4-10-16-22/h2-18H,1H3,(H-,26,27). The molecule has 4 rings (SSSR count). The fraction of sp³-hybridized carbons (Fsp3) is 0.0400. The SMILES string of the molecule is Cc1cc([P+](c2ccccc2)(c2ccccc2)c2ccccc2)cc(O)c1[O-]. The molecule has 3 heteroatoms. The maximum absolute atomic E-state index is 12.2. The third-order valence-corrected chi connectivity index (χ3v) is 9.31. The van der Waals surface area contributed by atoms with Crippen molar-refractivity contribution in [2.24, 2.45) is 0 Å². The van der Waals surface area contributed by atoms with E-state index in [1.165, 1.54) is 15.9 Å². The molecule has 0 aliphatic heterocycles. The van der Waals surface area contributed by atoms with Crippen LogP contribution in [0.3, 0.4) is 0 Å². The lowest BCUT2D eigenvalue weighted by Crippen LogP contribution is -2.38. The van der Waals surface area contributed by atoms with Crippen LogP contribution in [0.2, 0.25) is 0 Å². The predicted octanol–water partition coefficient (Wildman–Crippen LogP) is 3.39. The van der Waals surface area contributed by atoms with Gasteiger partial charge in [-0.2, -0.15) is 0 Å².